The van der Waals surface area contributed by atoms with Crippen molar-refractivity contribution in [2.24, 2.45) is 11.1 Å². The highest BCUT2D eigenvalue weighted by molar-refractivity contribution is 6.30. The van der Waals surface area contributed by atoms with Crippen LogP contribution in [-0.2, 0) is 6.54 Å². The fourth-order valence-electron chi connectivity index (χ4n) is 4.43. The second-order valence-electron chi connectivity index (χ2n) is 7.81. The van der Waals surface area contributed by atoms with Crippen LogP contribution in [0, 0.1) is 5.92 Å². The second-order valence-corrected chi connectivity index (χ2v) is 8.68. The third kappa shape index (κ3) is 4.39. The van der Waals surface area contributed by atoms with Gasteiger partial charge in [0.25, 0.3) is 0 Å². The summed E-state index contributed by atoms with van der Waals surface area (Å²) in [5.41, 5.74) is 4.36. The average molecular weight is 439 g/mol. The molecule has 0 radical (unpaired) electrons. The van der Waals surface area contributed by atoms with E-state index >= 15 is 0 Å². The van der Waals surface area contributed by atoms with E-state index in [0.717, 1.165) is 23.4 Å². The number of benzene rings is 3. The van der Waals surface area contributed by atoms with Crippen molar-refractivity contribution < 1.29 is 5.21 Å². The van der Waals surface area contributed by atoms with Crippen LogP contribution in [0.1, 0.15) is 42.1 Å². The monoisotopic (exact) mass is 438 g/mol. The van der Waals surface area contributed by atoms with Crippen molar-refractivity contribution in [1.82, 2.24) is 4.90 Å². The molecule has 1 aliphatic heterocycles. The predicted octanol–water partition coefficient (Wildman–Crippen LogP) is 7.15. The van der Waals surface area contributed by atoms with Gasteiger partial charge in [0.15, 0.2) is 0 Å². The highest BCUT2D eigenvalue weighted by Crippen LogP contribution is 2.45. The highest BCUT2D eigenvalue weighted by Gasteiger charge is 2.40. The molecule has 1 fully saturated rings. The van der Waals surface area contributed by atoms with Gasteiger partial charge in [-0.15, -0.1) is 0 Å². The maximum atomic E-state index is 9.78. The lowest BCUT2D eigenvalue weighted by Crippen LogP contribution is -2.44. The summed E-state index contributed by atoms with van der Waals surface area (Å²) in [4.78, 5) is 2.50. The normalized spacial score (nSPS) is 23.6. The summed E-state index contributed by atoms with van der Waals surface area (Å²) in [6.45, 7) is 2.91. The lowest BCUT2D eigenvalue weighted by Gasteiger charge is -2.46. The van der Waals surface area contributed by atoms with Gasteiger partial charge in [-0.05, 0) is 41.0 Å². The molecule has 0 spiro atoms. The SMILES string of the molecule is CC1C(=NO)CC(c2ccc(Cl)cc2)N(Cc2ccccc2)C1c1ccc(Cl)cc1. The Morgan fingerprint density at radius 1 is 0.867 bits per heavy atom. The zero-order valence-corrected chi connectivity index (χ0v) is 18.3. The Labute approximate surface area is 187 Å². The van der Waals surface area contributed by atoms with Gasteiger partial charge in [0.1, 0.15) is 0 Å². The molecular formula is C25H24Cl2N2O. The first-order chi connectivity index (χ1) is 14.6. The Balaban J connectivity index is 1.81. The number of oxime groups is 1. The number of hydrogen-bond donors (Lipinski definition) is 1. The number of rotatable bonds is 4. The molecule has 0 aliphatic carbocycles. The van der Waals surface area contributed by atoms with Crippen molar-refractivity contribution in [3.8, 4) is 0 Å². The molecular weight excluding hydrogens is 415 g/mol. The van der Waals surface area contributed by atoms with E-state index in [-0.39, 0.29) is 18.0 Å². The fraction of sp³-hybridized carbons (Fsp3) is 0.240. The maximum absolute atomic E-state index is 9.78. The van der Waals surface area contributed by atoms with Gasteiger partial charge >= 0.3 is 0 Å². The fourth-order valence-corrected chi connectivity index (χ4v) is 4.69. The summed E-state index contributed by atoms with van der Waals surface area (Å²) < 4.78 is 0. The van der Waals surface area contributed by atoms with E-state index in [4.69, 9.17) is 23.2 Å². The van der Waals surface area contributed by atoms with E-state index in [2.05, 4.69) is 65.5 Å². The number of likely N-dealkylation sites (tertiary alicyclic amines) is 1. The molecule has 0 bridgehead atoms. The quantitative estimate of drug-likeness (QED) is 0.346. The Kier molecular flexibility index (Phi) is 6.43. The molecule has 30 heavy (non-hydrogen) atoms. The van der Waals surface area contributed by atoms with Crippen LogP contribution in [0.25, 0.3) is 0 Å². The Hall–Kier alpha value is -2.33. The minimum absolute atomic E-state index is 0.0443. The summed E-state index contributed by atoms with van der Waals surface area (Å²) in [7, 11) is 0. The maximum Gasteiger partial charge on any atom is 0.0636 e. The van der Waals surface area contributed by atoms with Crippen LogP contribution in [0.3, 0.4) is 0 Å². The number of piperidine rings is 1. The molecule has 5 heteroatoms. The summed E-state index contributed by atoms with van der Waals surface area (Å²) in [6.07, 6.45) is 0.663. The lowest BCUT2D eigenvalue weighted by molar-refractivity contribution is 0.0849. The van der Waals surface area contributed by atoms with Crippen molar-refractivity contribution in [2.45, 2.75) is 32.0 Å². The number of hydrogen-bond acceptors (Lipinski definition) is 3. The molecule has 3 aromatic carbocycles. The molecule has 0 saturated carbocycles. The summed E-state index contributed by atoms with van der Waals surface area (Å²) >= 11 is 12.3. The third-order valence-electron chi connectivity index (χ3n) is 5.96. The Morgan fingerprint density at radius 2 is 1.43 bits per heavy atom. The van der Waals surface area contributed by atoms with Gasteiger partial charge in [-0.3, -0.25) is 4.90 Å². The van der Waals surface area contributed by atoms with Crippen LogP contribution in [0.5, 0.6) is 0 Å². The second kappa shape index (κ2) is 9.22. The van der Waals surface area contributed by atoms with Crippen LogP contribution in [0.4, 0.5) is 0 Å². The van der Waals surface area contributed by atoms with E-state index in [1.165, 1.54) is 5.56 Å². The average Bonchev–Trinajstić information content (AvgIpc) is 2.77. The smallest absolute Gasteiger partial charge is 0.0636 e. The zero-order valence-electron chi connectivity index (χ0n) is 16.7. The molecule has 1 aliphatic rings. The van der Waals surface area contributed by atoms with Crippen LogP contribution in [0.15, 0.2) is 84.0 Å². The van der Waals surface area contributed by atoms with Crippen LogP contribution in [-0.4, -0.2) is 15.8 Å². The number of nitrogens with zero attached hydrogens (tertiary/aromatic N) is 2. The Bertz CT molecular complexity index is 1000. The molecule has 3 aromatic rings. The molecule has 0 aromatic heterocycles. The zero-order chi connectivity index (χ0) is 21.1. The third-order valence-corrected chi connectivity index (χ3v) is 6.47. The molecule has 4 rings (SSSR count). The summed E-state index contributed by atoms with van der Waals surface area (Å²) in [5.74, 6) is 0.0587. The Morgan fingerprint density at radius 3 is 2.00 bits per heavy atom. The molecule has 3 atom stereocenters. The van der Waals surface area contributed by atoms with Gasteiger partial charge in [0.2, 0.25) is 0 Å². The van der Waals surface area contributed by atoms with Crippen molar-refractivity contribution >= 4 is 28.9 Å². The van der Waals surface area contributed by atoms with Crippen molar-refractivity contribution in [3.05, 3.63) is 106 Å². The first-order valence-electron chi connectivity index (χ1n) is 10.1. The summed E-state index contributed by atoms with van der Waals surface area (Å²) in [5, 5.41) is 14.9. The summed E-state index contributed by atoms with van der Waals surface area (Å²) in [6, 6.07) is 26.5. The largest absolute Gasteiger partial charge is 0.411 e. The van der Waals surface area contributed by atoms with Crippen LogP contribution >= 0.6 is 23.2 Å². The molecule has 1 heterocycles. The van der Waals surface area contributed by atoms with E-state index in [1.54, 1.807) is 0 Å². The lowest BCUT2D eigenvalue weighted by atomic mass is 9.79. The van der Waals surface area contributed by atoms with Gasteiger partial charge in [-0.1, -0.05) is 89.9 Å². The van der Waals surface area contributed by atoms with E-state index in [9.17, 15) is 5.21 Å². The predicted molar refractivity (Wildman–Crippen MR) is 123 cm³/mol. The van der Waals surface area contributed by atoms with E-state index in [0.29, 0.717) is 16.5 Å². The minimum atomic E-state index is 0.0443. The molecule has 1 N–H and O–H groups in total. The van der Waals surface area contributed by atoms with Gasteiger partial charge in [-0.2, -0.15) is 0 Å². The van der Waals surface area contributed by atoms with Gasteiger partial charge in [-0.25, -0.2) is 0 Å². The molecule has 1 saturated heterocycles. The molecule has 0 amide bonds. The van der Waals surface area contributed by atoms with Crippen molar-refractivity contribution in [1.29, 1.82) is 0 Å². The van der Waals surface area contributed by atoms with E-state index < -0.39 is 0 Å². The van der Waals surface area contributed by atoms with Gasteiger partial charge < -0.3 is 5.21 Å². The van der Waals surface area contributed by atoms with Gasteiger partial charge in [0, 0.05) is 41.0 Å². The molecule has 154 valence electrons. The standard InChI is InChI=1S/C25H24Cl2N2O/c1-17-23(28-30)15-24(19-7-11-21(26)12-8-19)29(16-18-5-3-2-4-6-18)25(17)20-9-13-22(27)14-10-20/h2-14,17,24-25,30H,15-16H2,1H3. The highest BCUT2D eigenvalue weighted by atomic mass is 35.5. The topological polar surface area (TPSA) is 35.8 Å². The first-order valence-corrected chi connectivity index (χ1v) is 10.8. The van der Waals surface area contributed by atoms with E-state index in [1.807, 2.05) is 30.3 Å². The molecule has 3 unspecified atom stereocenters. The molecule has 3 nitrogen and oxygen atoms in total. The van der Waals surface area contributed by atoms with Gasteiger partial charge in [0.05, 0.1) is 5.71 Å². The minimum Gasteiger partial charge on any atom is -0.411 e. The van der Waals surface area contributed by atoms with Crippen LogP contribution in [0.2, 0.25) is 10.0 Å². The van der Waals surface area contributed by atoms with Crippen LogP contribution < -0.4 is 0 Å². The van der Waals surface area contributed by atoms with Crippen molar-refractivity contribution in [3.63, 3.8) is 0 Å². The first kappa shape index (κ1) is 20.9. The number of halogens is 2. The van der Waals surface area contributed by atoms with Crippen molar-refractivity contribution in [2.75, 3.05) is 0 Å².